The number of rotatable bonds is 0. The third kappa shape index (κ3) is 1.63. The topological polar surface area (TPSA) is 92.7 Å². The van der Waals surface area contributed by atoms with Gasteiger partial charge in [0.05, 0.1) is 12.1 Å². The first-order chi connectivity index (χ1) is 6.45. The second kappa shape index (κ2) is 3.57. The van der Waals surface area contributed by atoms with Crippen LogP contribution in [0.25, 0.3) is 0 Å². The van der Waals surface area contributed by atoms with Gasteiger partial charge in [-0.25, -0.2) is 19.6 Å². The van der Waals surface area contributed by atoms with Crippen LogP contribution in [0.4, 0.5) is 9.59 Å². The molecule has 0 fully saturated rings. The van der Waals surface area contributed by atoms with Crippen LogP contribution in [-0.2, 0) is 0 Å². The van der Waals surface area contributed by atoms with Gasteiger partial charge in [0.2, 0.25) is 0 Å². The molecule has 6 heteroatoms. The molecule has 1 aliphatic rings. The van der Waals surface area contributed by atoms with E-state index in [2.05, 4.69) is 0 Å². The standard InChI is InChI=1S/C8H14N4O2/c1-5-3-4-6(2)12(8(10)14)11(5)7(9)13/h3-6H,1-2H3,(H2,9,13)(H2,10,14)/t5-,6-/m0/s1. The van der Waals surface area contributed by atoms with Crippen molar-refractivity contribution < 1.29 is 9.59 Å². The summed E-state index contributed by atoms with van der Waals surface area (Å²) in [6.07, 6.45) is 3.60. The summed E-state index contributed by atoms with van der Waals surface area (Å²) in [7, 11) is 0. The molecule has 0 aliphatic carbocycles. The average Bonchev–Trinajstić information content (AvgIpc) is 2.07. The van der Waals surface area contributed by atoms with Gasteiger partial charge in [-0.15, -0.1) is 0 Å². The molecular weight excluding hydrogens is 184 g/mol. The molecule has 1 aliphatic heterocycles. The lowest BCUT2D eigenvalue weighted by Crippen LogP contribution is -2.61. The van der Waals surface area contributed by atoms with Crippen LogP contribution in [-0.4, -0.2) is 34.2 Å². The number of nitrogens with two attached hydrogens (primary N) is 2. The van der Waals surface area contributed by atoms with Gasteiger partial charge in [-0.1, -0.05) is 12.2 Å². The van der Waals surface area contributed by atoms with Crippen molar-refractivity contribution in [3.63, 3.8) is 0 Å². The van der Waals surface area contributed by atoms with E-state index in [0.29, 0.717) is 0 Å². The van der Waals surface area contributed by atoms with Crippen molar-refractivity contribution in [1.29, 1.82) is 0 Å². The van der Waals surface area contributed by atoms with Crippen LogP contribution in [0, 0.1) is 0 Å². The van der Waals surface area contributed by atoms with E-state index < -0.39 is 12.1 Å². The number of primary amides is 2. The van der Waals surface area contributed by atoms with Gasteiger partial charge in [-0.3, -0.25) is 0 Å². The smallest absolute Gasteiger partial charge is 0.334 e. The Hall–Kier alpha value is -1.72. The predicted octanol–water partition coefficient (Wildman–Crippen LogP) is 0.00960. The predicted molar refractivity (Wildman–Crippen MR) is 50.9 cm³/mol. The van der Waals surface area contributed by atoms with E-state index in [1.54, 1.807) is 26.0 Å². The molecule has 6 nitrogen and oxygen atoms in total. The molecule has 4 N–H and O–H groups in total. The number of urea groups is 2. The lowest BCUT2D eigenvalue weighted by Gasteiger charge is -2.41. The molecule has 78 valence electrons. The molecule has 0 aromatic heterocycles. The minimum Gasteiger partial charge on any atom is -0.350 e. The lowest BCUT2D eigenvalue weighted by atomic mass is 10.2. The van der Waals surface area contributed by atoms with Gasteiger partial charge in [0, 0.05) is 0 Å². The molecule has 0 radical (unpaired) electrons. The van der Waals surface area contributed by atoms with Crippen LogP contribution < -0.4 is 11.5 Å². The zero-order valence-corrected chi connectivity index (χ0v) is 8.18. The minimum atomic E-state index is -0.687. The lowest BCUT2D eigenvalue weighted by molar-refractivity contribution is 0.0166. The van der Waals surface area contributed by atoms with Gasteiger partial charge < -0.3 is 11.5 Å². The van der Waals surface area contributed by atoms with Gasteiger partial charge in [0.15, 0.2) is 0 Å². The molecule has 0 unspecified atom stereocenters. The summed E-state index contributed by atoms with van der Waals surface area (Å²) in [5.41, 5.74) is 10.3. The fraction of sp³-hybridized carbons (Fsp3) is 0.500. The second-order valence-corrected chi connectivity index (χ2v) is 3.23. The van der Waals surface area contributed by atoms with E-state index in [1.165, 1.54) is 0 Å². The second-order valence-electron chi connectivity index (χ2n) is 3.23. The molecule has 2 atom stereocenters. The first-order valence-corrected chi connectivity index (χ1v) is 4.30. The molecule has 1 rings (SSSR count). The molecule has 0 aromatic carbocycles. The van der Waals surface area contributed by atoms with Crippen molar-refractivity contribution in [2.75, 3.05) is 0 Å². The summed E-state index contributed by atoms with van der Waals surface area (Å²) >= 11 is 0. The number of hydrazine groups is 1. The van der Waals surface area contributed by atoms with Crippen LogP contribution >= 0.6 is 0 Å². The van der Waals surface area contributed by atoms with Crippen LogP contribution in [0.5, 0.6) is 0 Å². The number of hydrogen-bond acceptors (Lipinski definition) is 2. The molecule has 0 saturated carbocycles. The first-order valence-electron chi connectivity index (χ1n) is 4.30. The fourth-order valence-corrected chi connectivity index (χ4v) is 1.49. The molecule has 4 amide bonds. The summed E-state index contributed by atoms with van der Waals surface area (Å²) in [5, 5.41) is 2.29. The molecule has 1 heterocycles. The SMILES string of the molecule is C[C@H]1C=C[C@H](C)N(C(N)=O)N1C(N)=O. The Balaban J connectivity index is 3.02. The number of amides is 4. The number of hydrogen-bond donors (Lipinski definition) is 2. The number of nitrogens with zero attached hydrogens (tertiary/aromatic N) is 2. The van der Waals surface area contributed by atoms with Crippen LogP contribution in [0.2, 0.25) is 0 Å². The Bertz CT molecular complexity index is 261. The van der Waals surface area contributed by atoms with Crippen molar-refractivity contribution >= 4 is 12.1 Å². The van der Waals surface area contributed by atoms with Gasteiger partial charge >= 0.3 is 12.1 Å². The zero-order valence-electron chi connectivity index (χ0n) is 8.18. The average molecular weight is 198 g/mol. The highest BCUT2D eigenvalue weighted by atomic mass is 16.2. The molecule has 0 bridgehead atoms. The highest BCUT2D eigenvalue weighted by Crippen LogP contribution is 2.16. The van der Waals surface area contributed by atoms with E-state index in [4.69, 9.17) is 11.5 Å². The quantitative estimate of drug-likeness (QED) is 0.536. The fourth-order valence-electron chi connectivity index (χ4n) is 1.49. The van der Waals surface area contributed by atoms with Crippen molar-refractivity contribution in [3.05, 3.63) is 12.2 Å². The normalized spacial score (nSPS) is 26.4. The largest absolute Gasteiger partial charge is 0.350 e. The van der Waals surface area contributed by atoms with Crippen LogP contribution in [0.15, 0.2) is 12.2 Å². The van der Waals surface area contributed by atoms with Gasteiger partial charge in [0.1, 0.15) is 0 Å². The molecule has 0 saturated heterocycles. The van der Waals surface area contributed by atoms with E-state index >= 15 is 0 Å². The highest BCUT2D eigenvalue weighted by molar-refractivity contribution is 5.79. The van der Waals surface area contributed by atoms with Crippen molar-refractivity contribution in [2.45, 2.75) is 25.9 Å². The van der Waals surface area contributed by atoms with E-state index in [1.807, 2.05) is 0 Å². The monoisotopic (exact) mass is 198 g/mol. The molecule has 14 heavy (non-hydrogen) atoms. The summed E-state index contributed by atoms with van der Waals surface area (Å²) in [6, 6.07) is -1.88. The zero-order chi connectivity index (χ0) is 10.9. The number of carbonyl (C=O) groups excluding carboxylic acids is 2. The van der Waals surface area contributed by atoms with Gasteiger partial charge in [-0.2, -0.15) is 0 Å². The van der Waals surface area contributed by atoms with Crippen molar-refractivity contribution in [3.8, 4) is 0 Å². The molecule has 0 spiro atoms. The van der Waals surface area contributed by atoms with Crippen LogP contribution in [0.3, 0.4) is 0 Å². The van der Waals surface area contributed by atoms with E-state index in [-0.39, 0.29) is 12.1 Å². The minimum absolute atomic E-state index is 0.254. The van der Waals surface area contributed by atoms with Gasteiger partial charge in [-0.05, 0) is 13.8 Å². The Labute approximate surface area is 82.1 Å². The Morgan fingerprint density at radius 3 is 1.50 bits per heavy atom. The maximum atomic E-state index is 11.1. The van der Waals surface area contributed by atoms with Crippen molar-refractivity contribution in [2.24, 2.45) is 11.5 Å². The Morgan fingerprint density at radius 1 is 1.00 bits per heavy atom. The molecular formula is C8H14N4O2. The van der Waals surface area contributed by atoms with Crippen molar-refractivity contribution in [1.82, 2.24) is 10.0 Å². The number of carbonyl (C=O) groups is 2. The summed E-state index contributed by atoms with van der Waals surface area (Å²) in [4.78, 5) is 22.2. The Kier molecular flexibility index (Phi) is 2.64. The van der Waals surface area contributed by atoms with E-state index in [9.17, 15) is 9.59 Å². The summed E-state index contributed by atoms with van der Waals surface area (Å²) in [5.74, 6) is 0. The Morgan fingerprint density at radius 2 is 1.29 bits per heavy atom. The third-order valence-corrected chi connectivity index (χ3v) is 2.12. The summed E-state index contributed by atoms with van der Waals surface area (Å²) in [6.45, 7) is 3.51. The maximum absolute atomic E-state index is 11.1. The molecule has 0 aromatic rings. The first kappa shape index (κ1) is 10.4. The maximum Gasteiger partial charge on any atom is 0.334 e. The van der Waals surface area contributed by atoms with Gasteiger partial charge in [0.25, 0.3) is 0 Å². The summed E-state index contributed by atoms with van der Waals surface area (Å²) < 4.78 is 0. The van der Waals surface area contributed by atoms with Crippen LogP contribution in [0.1, 0.15) is 13.8 Å². The highest BCUT2D eigenvalue weighted by Gasteiger charge is 2.32. The third-order valence-electron chi connectivity index (χ3n) is 2.12. The van der Waals surface area contributed by atoms with E-state index in [0.717, 1.165) is 10.0 Å².